The highest BCUT2D eigenvalue weighted by Gasteiger charge is 2.32. The van der Waals surface area contributed by atoms with Crippen LogP contribution >= 0.6 is 58.8 Å². The van der Waals surface area contributed by atoms with Crippen LogP contribution in [0.15, 0.2) is 41.3 Å². The molecule has 0 bridgehead atoms. The first kappa shape index (κ1) is 18.5. The second-order valence-corrected chi connectivity index (χ2v) is 8.04. The van der Waals surface area contributed by atoms with Gasteiger partial charge in [-0.15, -0.1) is 0 Å². The number of carbonyl (C=O) groups is 1. The van der Waals surface area contributed by atoms with Crippen LogP contribution in [0.4, 0.5) is 0 Å². The Morgan fingerprint density at radius 1 is 1.16 bits per heavy atom. The minimum absolute atomic E-state index is 0.00849. The Bertz CT molecular complexity index is 901. The van der Waals surface area contributed by atoms with E-state index in [0.717, 1.165) is 17.3 Å². The maximum atomic E-state index is 12.7. The molecule has 1 aliphatic heterocycles. The number of rotatable bonds is 3. The molecule has 1 saturated heterocycles. The van der Waals surface area contributed by atoms with Gasteiger partial charge in [0.1, 0.15) is 4.32 Å². The van der Waals surface area contributed by atoms with Gasteiger partial charge in [0, 0.05) is 5.56 Å². The molecule has 0 saturated carbocycles. The lowest BCUT2D eigenvalue weighted by Gasteiger charge is -2.14. The van der Waals surface area contributed by atoms with Crippen molar-refractivity contribution in [2.75, 3.05) is 0 Å². The zero-order chi connectivity index (χ0) is 18.1. The van der Waals surface area contributed by atoms with Crippen LogP contribution in [0.25, 0.3) is 6.08 Å². The normalized spacial score (nSPS) is 16.1. The van der Waals surface area contributed by atoms with Crippen molar-refractivity contribution < 1.29 is 9.90 Å². The SMILES string of the molecule is O=C1/C(=C\c2c(Cl)cc(Cl)c(O)c2Cl)SC(=S)N1Cc1ccccc1. The molecule has 1 amide bonds. The second-order valence-electron chi connectivity index (χ2n) is 5.17. The summed E-state index contributed by atoms with van der Waals surface area (Å²) >= 11 is 24.6. The molecule has 3 rings (SSSR count). The van der Waals surface area contributed by atoms with Gasteiger partial charge in [0.05, 0.1) is 26.5 Å². The van der Waals surface area contributed by atoms with Crippen molar-refractivity contribution in [2.45, 2.75) is 6.54 Å². The Balaban J connectivity index is 1.92. The van der Waals surface area contributed by atoms with E-state index < -0.39 is 0 Å². The van der Waals surface area contributed by atoms with Crippen LogP contribution in [0.5, 0.6) is 5.75 Å². The molecule has 0 aliphatic carbocycles. The fourth-order valence-electron chi connectivity index (χ4n) is 2.26. The number of aromatic hydroxyl groups is 1. The van der Waals surface area contributed by atoms with Crippen molar-refractivity contribution in [2.24, 2.45) is 0 Å². The number of hydrogen-bond acceptors (Lipinski definition) is 4. The summed E-state index contributed by atoms with van der Waals surface area (Å²) in [7, 11) is 0. The summed E-state index contributed by atoms with van der Waals surface area (Å²) in [4.78, 5) is 14.6. The largest absolute Gasteiger partial charge is 0.505 e. The predicted molar refractivity (Wildman–Crippen MR) is 108 cm³/mol. The first-order chi connectivity index (χ1) is 11.9. The Hall–Kier alpha value is -1.24. The number of hydrogen-bond donors (Lipinski definition) is 1. The Labute approximate surface area is 169 Å². The van der Waals surface area contributed by atoms with Crippen molar-refractivity contribution in [1.82, 2.24) is 4.90 Å². The van der Waals surface area contributed by atoms with E-state index in [1.54, 1.807) is 0 Å². The third-order valence-electron chi connectivity index (χ3n) is 3.51. The van der Waals surface area contributed by atoms with Crippen LogP contribution in [-0.2, 0) is 11.3 Å². The van der Waals surface area contributed by atoms with Crippen molar-refractivity contribution in [3.05, 3.63) is 67.5 Å². The number of nitrogens with zero attached hydrogens (tertiary/aromatic N) is 1. The van der Waals surface area contributed by atoms with Crippen LogP contribution in [0.2, 0.25) is 15.1 Å². The molecule has 25 heavy (non-hydrogen) atoms. The van der Waals surface area contributed by atoms with Crippen LogP contribution in [0.1, 0.15) is 11.1 Å². The molecule has 1 aliphatic rings. The number of benzene rings is 2. The highest BCUT2D eigenvalue weighted by molar-refractivity contribution is 8.26. The average molecular weight is 431 g/mol. The van der Waals surface area contributed by atoms with E-state index in [0.29, 0.717) is 21.3 Å². The van der Waals surface area contributed by atoms with Crippen LogP contribution in [-0.4, -0.2) is 20.2 Å². The zero-order valence-electron chi connectivity index (χ0n) is 12.5. The van der Waals surface area contributed by atoms with Gasteiger partial charge in [-0.1, -0.05) is 89.1 Å². The lowest BCUT2D eigenvalue weighted by Crippen LogP contribution is -2.27. The smallest absolute Gasteiger partial charge is 0.266 e. The quantitative estimate of drug-likeness (QED) is 0.497. The summed E-state index contributed by atoms with van der Waals surface area (Å²) in [5.74, 6) is -0.515. The fraction of sp³-hybridized carbons (Fsp3) is 0.0588. The van der Waals surface area contributed by atoms with Gasteiger partial charge in [0.15, 0.2) is 5.75 Å². The third-order valence-corrected chi connectivity index (χ3v) is 5.88. The van der Waals surface area contributed by atoms with E-state index in [2.05, 4.69) is 0 Å². The molecule has 1 fully saturated rings. The monoisotopic (exact) mass is 429 g/mol. The molecule has 0 spiro atoms. The molecule has 0 aromatic heterocycles. The van der Waals surface area contributed by atoms with Crippen molar-refractivity contribution in [3.63, 3.8) is 0 Å². The number of carbonyl (C=O) groups excluding carboxylic acids is 1. The summed E-state index contributed by atoms with van der Waals surface area (Å²) in [6.45, 7) is 0.385. The van der Waals surface area contributed by atoms with E-state index >= 15 is 0 Å². The summed E-state index contributed by atoms with van der Waals surface area (Å²) in [5, 5.41) is 10.1. The molecule has 0 radical (unpaired) electrons. The molecule has 2 aromatic carbocycles. The van der Waals surface area contributed by atoms with E-state index in [9.17, 15) is 9.90 Å². The Morgan fingerprint density at radius 2 is 1.84 bits per heavy atom. The van der Waals surface area contributed by atoms with Crippen LogP contribution in [0, 0.1) is 0 Å². The molecule has 0 unspecified atom stereocenters. The maximum absolute atomic E-state index is 12.7. The molecule has 2 aromatic rings. The molecular formula is C17H10Cl3NO2S2. The highest BCUT2D eigenvalue weighted by atomic mass is 35.5. The third kappa shape index (κ3) is 3.81. The molecule has 0 atom stereocenters. The molecule has 1 heterocycles. The minimum atomic E-state index is -0.279. The van der Waals surface area contributed by atoms with Crippen molar-refractivity contribution >= 4 is 75.1 Å². The number of phenols is 1. The van der Waals surface area contributed by atoms with E-state index in [1.807, 2.05) is 30.3 Å². The van der Waals surface area contributed by atoms with Gasteiger partial charge >= 0.3 is 0 Å². The summed E-state index contributed by atoms with van der Waals surface area (Å²) in [6.07, 6.45) is 1.52. The number of thiocarbonyl (C=S) groups is 1. The van der Waals surface area contributed by atoms with Gasteiger partial charge in [0.25, 0.3) is 5.91 Å². The predicted octanol–water partition coefficient (Wildman–Crippen LogP) is 5.75. The summed E-state index contributed by atoms with van der Waals surface area (Å²) in [6, 6.07) is 10.9. The van der Waals surface area contributed by atoms with Gasteiger partial charge in [-0.05, 0) is 17.7 Å². The molecule has 3 nitrogen and oxygen atoms in total. The van der Waals surface area contributed by atoms with E-state index in [-0.39, 0.29) is 26.7 Å². The lowest BCUT2D eigenvalue weighted by molar-refractivity contribution is -0.122. The number of halogens is 3. The first-order valence-electron chi connectivity index (χ1n) is 7.04. The van der Waals surface area contributed by atoms with Crippen LogP contribution in [0.3, 0.4) is 0 Å². The van der Waals surface area contributed by atoms with Crippen molar-refractivity contribution in [3.8, 4) is 5.75 Å². The molecule has 8 heteroatoms. The van der Waals surface area contributed by atoms with Gasteiger partial charge in [-0.25, -0.2) is 0 Å². The van der Waals surface area contributed by atoms with Crippen LogP contribution < -0.4 is 0 Å². The number of amides is 1. The number of phenolic OH excluding ortho intramolecular Hbond substituents is 1. The van der Waals surface area contributed by atoms with Crippen molar-refractivity contribution in [1.29, 1.82) is 0 Å². The van der Waals surface area contributed by atoms with E-state index in [1.165, 1.54) is 17.0 Å². The standard InChI is InChI=1S/C17H10Cl3NO2S2/c18-11-7-12(19)15(22)14(20)10(11)6-13-16(23)21(17(24)25-13)8-9-4-2-1-3-5-9/h1-7,22H,8H2/b13-6+. The Kier molecular flexibility index (Phi) is 5.61. The summed E-state index contributed by atoms with van der Waals surface area (Å²) in [5.41, 5.74) is 1.30. The lowest BCUT2D eigenvalue weighted by atomic mass is 10.2. The topological polar surface area (TPSA) is 40.5 Å². The molecular weight excluding hydrogens is 421 g/mol. The first-order valence-corrected chi connectivity index (χ1v) is 9.40. The molecule has 1 N–H and O–H groups in total. The maximum Gasteiger partial charge on any atom is 0.266 e. The highest BCUT2D eigenvalue weighted by Crippen LogP contribution is 2.42. The van der Waals surface area contributed by atoms with E-state index in [4.69, 9.17) is 47.0 Å². The van der Waals surface area contributed by atoms with Gasteiger partial charge < -0.3 is 5.11 Å². The van der Waals surface area contributed by atoms with Gasteiger partial charge in [-0.3, -0.25) is 9.69 Å². The Morgan fingerprint density at radius 3 is 2.52 bits per heavy atom. The zero-order valence-corrected chi connectivity index (χ0v) is 16.4. The average Bonchev–Trinajstić information content (AvgIpc) is 2.85. The fourth-order valence-corrected chi connectivity index (χ4v) is 4.37. The summed E-state index contributed by atoms with van der Waals surface area (Å²) < 4.78 is 0.450. The second kappa shape index (κ2) is 7.56. The minimum Gasteiger partial charge on any atom is -0.505 e. The molecule has 128 valence electrons. The van der Waals surface area contributed by atoms with Gasteiger partial charge in [-0.2, -0.15) is 0 Å². The number of thioether (sulfide) groups is 1. The van der Waals surface area contributed by atoms with Gasteiger partial charge in [0.2, 0.25) is 0 Å².